The van der Waals surface area contributed by atoms with Crippen molar-refractivity contribution in [2.45, 2.75) is 13.3 Å². The average molecular weight is 236 g/mol. The molecule has 0 saturated carbocycles. The molecule has 0 radical (unpaired) electrons. The molecule has 4 nitrogen and oxygen atoms in total. The second-order valence-corrected chi connectivity index (χ2v) is 3.83. The normalized spacial score (nSPS) is 10.0. The molecule has 0 spiro atoms. The number of ether oxygens (including phenoxy) is 1. The van der Waals surface area contributed by atoms with Gasteiger partial charge < -0.3 is 15.4 Å². The molecule has 17 heavy (non-hydrogen) atoms. The number of carbonyl (C=O) groups excluding carboxylic acids is 1. The molecule has 2 N–H and O–H groups in total. The quantitative estimate of drug-likeness (QED) is 0.693. The zero-order chi connectivity index (χ0) is 12.5. The van der Waals surface area contributed by atoms with Gasteiger partial charge in [0.2, 0.25) is 5.91 Å². The predicted octanol–water partition coefficient (Wildman–Crippen LogP) is 0.963. The minimum Gasteiger partial charge on any atom is -0.497 e. The van der Waals surface area contributed by atoms with Gasteiger partial charge in [-0.2, -0.15) is 0 Å². The molecule has 0 saturated heterocycles. The Morgan fingerprint density at radius 1 is 1.29 bits per heavy atom. The van der Waals surface area contributed by atoms with E-state index in [4.69, 9.17) is 4.74 Å². The molecule has 0 heterocycles. The van der Waals surface area contributed by atoms with Crippen LogP contribution in [0.5, 0.6) is 5.75 Å². The molecule has 1 rings (SSSR count). The molecule has 0 atom stereocenters. The molecule has 0 bridgehead atoms. The fraction of sp³-hybridized carbons (Fsp3) is 0.462. The van der Waals surface area contributed by atoms with E-state index >= 15 is 0 Å². The van der Waals surface area contributed by atoms with Gasteiger partial charge in [-0.25, -0.2) is 0 Å². The van der Waals surface area contributed by atoms with Gasteiger partial charge in [0.1, 0.15) is 5.75 Å². The molecule has 0 fully saturated rings. The monoisotopic (exact) mass is 236 g/mol. The van der Waals surface area contributed by atoms with Crippen molar-refractivity contribution in [3.05, 3.63) is 29.8 Å². The van der Waals surface area contributed by atoms with Crippen LogP contribution in [0, 0.1) is 0 Å². The third-order valence-corrected chi connectivity index (χ3v) is 2.40. The van der Waals surface area contributed by atoms with E-state index < -0.39 is 0 Å². The van der Waals surface area contributed by atoms with Gasteiger partial charge in [-0.1, -0.05) is 12.1 Å². The van der Waals surface area contributed by atoms with E-state index in [2.05, 4.69) is 16.7 Å². The Kier molecular flexibility index (Phi) is 6.10. The number of hydrogen-bond donors (Lipinski definition) is 2. The summed E-state index contributed by atoms with van der Waals surface area (Å²) in [6.07, 6.45) is 0.956. The topological polar surface area (TPSA) is 50.4 Å². The van der Waals surface area contributed by atoms with Crippen LogP contribution in [-0.4, -0.2) is 32.7 Å². The van der Waals surface area contributed by atoms with Crippen LogP contribution in [0.15, 0.2) is 24.3 Å². The summed E-state index contributed by atoms with van der Waals surface area (Å²) in [5.74, 6) is 0.903. The van der Waals surface area contributed by atoms with Gasteiger partial charge in [0.15, 0.2) is 0 Å². The van der Waals surface area contributed by atoms with Crippen molar-refractivity contribution in [2.24, 2.45) is 0 Å². The maximum absolute atomic E-state index is 10.6. The minimum atomic E-state index is 0.0135. The highest BCUT2D eigenvalue weighted by atomic mass is 16.5. The first kappa shape index (κ1) is 13.5. The summed E-state index contributed by atoms with van der Waals surface area (Å²) in [5, 5.41) is 6.01. The van der Waals surface area contributed by atoms with Crippen molar-refractivity contribution in [1.82, 2.24) is 10.6 Å². The zero-order valence-electron chi connectivity index (χ0n) is 10.5. The number of methoxy groups -OCH3 is 1. The molecule has 0 aliphatic heterocycles. The molecule has 0 aliphatic carbocycles. The van der Waals surface area contributed by atoms with Gasteiger partial charge in [-0.05, 0) is 30.7 Å². The molecule has 1 aromatic carbocycles. The Labute approximate surface area is 102 Å². The Morgan fingerprint density at radius 2 is 2.12 bits per heavy atom. The van der Waals surface area contributed by atoms with E-state index in [-0.39, 0.29) is 5.91 Å². The van der Waals surface area contributed by atoms with Gasteiger partial charge in [0.05, 0.1) is 7.11 Å². The maximum atomic E-state index is 10.6. The van der Waals surface area contributed by atoms with Crippen molar-refractivity contribution < 1.29 is 9.53 Å². The number of carbonyl (C=O) groups is 1. The Bertz CT molecular complexity index is 353. The third kappa shape index (κ3) is 5.92. The van der Waals surface area contributed by atoms with Crippen LogP contribution in [0.4, 0.5) is 0 Å². The van der Waals surface area contributed by atoms with Gasteiger partial charge in [-0.3, -0.25) is 4.79 Å². The summed E-state index contributed by atoms with van der Waals surface area (Å²) in [7, 11) is 1.67. The number of hydrogen-bond acceptors (Lipinski definition) is 3. The van der Waals surface area contributed by atoms with Crippen LogP contribution in [-0.2, 0) is 11.2 Å². The van der Waals surface area contributed by atoms with Crippen LogP contribution >= 0.6 is 0 Å². The van der Waals surface area contributed by atoms with Crippen LogP contribution < -0.4 is 15.4 Å². The van der Waals surface area contributed by atoms with Crippen molar-refractivity contribution in [3.8, 4) is 5.75 Å². The molecule has 0 aliphatic rings. The summed E-state index contributed by atoms with van der Waals surface area (Å²) >= 11 is 0. The largest absolute Gasteiger partial charge is 0.497 e. The van der Waals surface area contributed by atoms with E-state index in [0.29, 0.717) is 6.54 Å². The van der Waals surface area contributed by atoms with Crippen LogP contribution in [0.3, 0.4) is 0 Å². The lowest BCUT2D eigenvalue weighted by molar-refractivity contribution is -0.118. The SMILES string of the molecule is COc1cccc(CCNCCNC(C)=O)c1. The fourth-order valence-corrected chi connectivity index (χ4v) is 1.51. The summed E-state index contributed by atoms with van der Waals surface area (Å²) in [5.41, 5.74) is 1.25. The highest BCUT2D eigenvalue weighted by Gasteiger charge is 1.96. The lowest BCUT2D eigenvalue weighted by Crippen LogP contribution is -2.31. The van der Waals surface area contributed by atoms with Crippen LogP contribution in [0.2, 0.25) is 0 Å². The predicted molar refractivity (Wildman–Crippen MR) is 68.3 cm³/mol. The van der Waals surface area contributed by atoms with E-state index in [0.717, 1.165) is 25.3 Å². The smallest absolute Gasteiger partial charge is 0.216 e. The van der Waals surface area contributed by atoms with E-state index in [1.165, 1.54) is 12.5 Å². The lowest BCUT2D eigenvalue weighted by Gasteiger charge is -2.06. The van der Waals surface area contributed by atoms with E-state index in [9.17, 15) is 4.79 Å². The second-order valence-electron chi connectivity index (χ2n) is 3.83. The summed E-state index contributed by atoms with van der Waals surface area (Å²) in [4.78, 5) is 10.6. The fourth-order valence-electron chi connectivity index (χ4n) is 1.51. The highest BCUT2D eigenvalue weighted by Crippen LogP contribution is 2.12. The Morgan fingerprint density at radius 3 is 2.82 bits per heavy atom. The zero-order valence-corrected chi connectivity index (χ0v) is 10.5. The molecule has 0 aromatic heterocycles. The lowest BCUT2D eigenvalue weighted by atomic mass is 10.1. The molecule has 4 heteroatoms. The van der Waals surface area contributed by atoms with Gasteiger partial charge in [-0.15, -0.1) is 0 Å². The Hall–Kier alpha value is -1.55. The van der Waals surface area contributed by atoms with E-state index in [1.54, 1.807) is 7.11 Å². The molecule has 0 unspecified atom stereocenters. The molecule has 94 valence electrons. The molecular formula is C13H20N2O2. The number of amides is 1. The van der Waals surface area contributed by atoms with Crippen molar-refractivity contribution in [1.29, 1.82) is 0 Å². The van der Waals surface area contributed by atoms with Crippen molar-refractivity contribution in [2.75, 3.05) is 26.7 Å². The third-order valence-electron chi connectivity index (χ3n) is 2.40. The number of rotatable bonds is 7. The van der Waals surface area contributed by atoms with Gasteiger partial charge in [0.25, 0.3) is 0 Å². The second kappa shape index (κ2) is 7.68. The standard InChI is InChI=1S/C13H20N2O2/c1-11(16)15-9-8-14-7-6-12-4-3-5-13(10-12)17-2/h3-5,10,14H,6-9H2,1-2H3,(H,15,16). The number of nitrogens with one attached hydrogen (secondary N) is 2. The molecule has 1 amide bonds. The maximum Gasteiger partial charge on any atom is 0.216 e. The number of benzene rings is 1. The van der Waals surface area contributed by atoms with Crippen LogP contribution in [0.25, 0.3) is 0 Å². The molecule has 1 aromatic rings. The summed E-state index contributed by atoms with van der Waals surface area (Å²) < 4.78 is 5.16. The highest BCUT2D eigenvalue weighted by molar-refractivity contribution is 5.72. The van der Waals surface area contributed by atoms with Gasteiger partial charge in [0, 0.05) is 20.0 Å². The van der Waals surface area contributed by atoms with Crippen molar-refractivity contribution >= 4 is 5.91 Å². The molecular weight excluding hydrogens is 216 g/mol. The first-order valence-corrected chi connectivity index (χ1v) is 5.80. The first-order valence-electron chi connectivity index (χ1n) is 5.80. The van der Waals surface area contributed by atoms with Crippen LogP contribution in [0.1, 0.15) is 12.5 Å². The first-order chi connectivity index (χ1) is 8.22. The minimum absolute atomic E-state index is 0.0135. The summed E-state index contributed by atoms with van der Waals surface area (Å²) in [6, 6.07) is 8.05. The Balaban J connectivity index is 2.15. The van der Waals surface area contributed by atoms with E-state index in [1.807, 2.05) is 18.2 Å². The van der Waals surface area contributed by atoms with Crippen molar-refractivity contribution in [3.63, 3.8) is 0 Å². The van der Waals surface area contributed by atoms with Gasteiger partial charge >= 0.3 is 0 Å². The average Bonchev–Trinajstić information content (AvgIpc) is 2.33. The summed E-state index contributed by atoms with van der Waals surface area (Å²) in [6.45, 7) is 3.89.